The average molecular weight is 477 g/mol. The molecule has 5 nitrogen and oxygen atoms in total. The number of nitrogens with two attached hydrogens (primary N) is 1. The van der Waals surface area contributed by atoms with Crippen molar-refractivity contribution in [3.05, 3.63) is 88.4 Å². The fraction of sp³-hybridized carbons (Fsp3) is 0.167. The first kappa shape index (κ1) is 24.1. The van der Waals surface area contributed by atoms with E-state index in [9.17, 15) is 22.8 Å². The second-order valence-corrected chi connectivity index (χ2v) is 7.69. The van der Waals surface area contributed by atoms with Gasteiger partial charge in [0.2, 0.25) is 0 Å². The second-order valence-electron chi connectivity index (χ2n) is 7.26. The van der Waals surface area contributed by atoms with Gasteiger partial charge in [-0.3, -0.25) is 4.79 Å². The Morgan fingerprint density at radius 2 is 1.58 bits per heavy atom. The highest BCUT2D eigenvalue weighted by Gasteiger charge is 2.30. The molecule has 3 N–H and O–H groups in total. The zero-order valence-corrected chi connectivity index (χ0v) is 18.2. The molecule has 33 heavy (non-hydrogen) atoms. The first-order valence-electron chi connectivity index (χ1n) is 9.79. The molecule has 0 radical (unpaired) electrons. The van der Waals surface area contributed by atoms with Gasteiger partial charge in [0, 0.05) is 17.1 Å². The van der Waals surface area contributed by atoms with Gasteiger partial charge in [-0.1, -0.05) is 48.0 Å². The van der Waals surface area contributed by atoms with Crippen molar-refractivity contribution in [2.45, 2.75) is 18.6 Å². The molecule has 3 aromatic rings. The maximum absolute atomic E-state index is 12.8. The van der Waals surface area contributed by atoms with E-state index in [-0.39, 0.29) is 17.7 Å². The highest BCUT2D eigenvalue weighted by atomic mass is 35.5. The standard InChI is InChI=1S/C24H20ClF3N2O3/c1-33-23(32)21(30-22(31)19-13-18(25)10-11-20(19)29)12-14-2-4-15(5-3-14)16-6-8-17(9-7-16)24(26,27)28/h2-11,13,21H,12,29H2,1H3,(H,30,31). The van der Waals surface area contributed by atoms with Crippen LogP contribution in [0.5, 0.6) is 0 Å². The number of anilines is 1. The molecule has 3 aromatic carbocycles. The third kappa shape index (κ3) is 6.04. The Morgan fingerprint density at radius 1 is 1.00 bits per heavy atom. The predicted molar refractivity (Wildman–Crippen MR) is 120 cm³/mol. The number of rotatable bonds is 6. The molecular weight excluding hydrogens is 457 g/mol. The highest BCUT2D eigenvalue weighted by molar-refractivity contribution is 6.31. The fourth-order valence-corrected chi connectivity index (χ4v) is 3.39. The van der Waals surface area contributed by atoms with Gasteiger partial charge < -0.3 is 15.8 Å². The zero-order valence-electron chi connectivity index (χ0n) is 17.4. The summed E-state index contributed by atoms with van der Waals surface area (Å²) in [6.07, 6.45) is -4.27. The molecular formula is C24H20ClF3N2O3. The Hall–Kier alpha value is -3.52. The molecule has 0 aliphatic carbocycles. The lowest BCUT2D eigenvalue weighted by Crippen LogP contribution is -2.43. The number of hydrogen-bond donors (Lipinski definition) is 2. The van der Waals surface area contributed by atoms with Crippen molar-refractivity contribution in [1.82, 2.24) is 5.32 Å². The van der Waals surface area contributed by atoms with E-state index in [0.717, 1.165) is 12.1 Å². The van der Waals surface area contributed by atoms with Crippen LogP contribution in [0.3, 0.4) is 0 Å². The van der Waals surface area contributed by atoms with Crippen molar-refractivity contribution in [3.8, 4) is 11.1 Å². The quantitative estimate of drug-likeness (QED) is 0.382. The Bertz CT molecular complexity index is 1150. The van der Waals surface area contributed by atoms with E-state index >= 15 is 0 Å². The molecule has 0 fully saturated rings. The smallest absolute Gasteiger partial charge is 0.416 e. The van der Waals surface area contributed by atoms with Crippen molar-refractivity contribution < 1.29 is 27.5 Å². The molecule has 0 aliphatic heterocycles. The minimum atomic E-state index is -4.40. The summed E-state index contributed by atoms with van der Waals surface area (Å²) in [6, 6.07) is 15.2. The lowest BCUT2D eigenvalue weighted by molar-refractivity contribution is -0.143. The van der Waals surface area contributed by atoms with Crippen molar-refractivity contribution in [1.29, 1.82) is 0 Å². The summed E-state index contributed by atoms with van der Waals surface area (Å²) < 4.78 is 43.1. The largest absolute Gasteiger partial charge is 0.467 e. The molecule has 0 spiro atoms. The first-order chi connectivity index (χ1) is 15.6. The van der Waals surface area contributed by atoms with E-state index in [1.54, 1.807) is 30.3 Å². The lowest BCUT2D eigenvalue weighted by Gasteiger charge is -2.17. The van der Waals surface area contributed by atoms with Crippen LogP contribution in [0.2, 0.25) is 5.02 Å². The van der Waals surface area contributed by atoms with Gasteiger partial charge in [-0.05, 0) is 47.0 Å². The normalized spacial score (nSPS) is 12.2. The number of methoxy groups -OCH3 is 1. The van der Waals surface area contributed by atoms with Crippen LogP contribution < -0.4 is 11.1 Å². The first-order valence-corrected chi connectivity index (χ1v) is 10.2. The third-order valence-electron chi connectivity index (χ3n) is 4.99. The molecule has 1 atom stereocenters. The van der Waals surface area contributed by atoms with E-state index in [1.165, 1.54) is 31.4 Å². The zero-order chi connectivity index (χ0) is 24.2. The molecule has 0 saturated carbocycles. The van der Waals surface area contributed by atoms with E-state index in [4.69, 9.17) is 22.1 Å². The van der Waals surface area contributed by atoms with Crippen molar-refractivity contribution in [3.63, 3.8) is 0 Å². The molecule has 0 aromatic heterocycles. The summed E-state index contributed by atoms with van der Waals surface area (Å²) >= 11 is 5.93. The van der Waals surface area contributed by atoms with Crippen LogP contribution in [0.4, 0.5) is 18.9 Å². The summed E-state index contributed by atoms with van der Waals surface area (Å²) in [6.45, 7) is 0. The monoisotopic (exact) mass is 476 g/mol. The van der Waals surface area contributed by atoms with Gasteiger partial charge in [-0.25, -0.2) is 4.79 Å². The Kier molecular flexibility index (Phi) is 7.28. The van der Waals surface area contributed by atoms with E-state index in [0.29, 0.717) is 21.7 Å². The van der Waals surface area contributed by atoms with Gasteiger partial charge in [-0.15, -0.1) is 0 Å². The molecule has 0 saturated heterocycles. The number of esters is 1. The number of carbonyl (C=O) groups is 2. The van der Waals surface area contributed by atoms with Crippen LogP contribution >= 0.6 is 11.6 Å². The molecule has 1 unspecified atom stereocenters. The Morgan fingerprint density at radius 3 is 2.12 bits per heavy atom. The van der Waals surface area contributed by atoms with Crippen LogP contribution in [-0.4, -0.2) is 25.0 Å². The lowest BCUT2D eigenvalue weighted by atomic mass is 9.99. The molecule has 0 heterocycles. The summed E-state index contributed by atoms with van der Waals surface area (Å²) in [5, 5.41) is 2.93. The van der Waals surface area contributed by atoms with Gasteiger partial charge in [0.05, 0.1) is 18.2 Å². The van der Waals surface area contributed by atoms with Crippen LogP contribution in [0.1, 0.15) is 21.5 Å². The van der Waals surface area contributed by atoms with Crippen molar-refractivity contribution >= 4 is 29.2 Å². The number of amides is 1. The number of halogens is 4. The van der Waals surface area contributed by atoms with Gasteiger partial charge in [0.1, 0.15) is 6.04 Å². The summed E-state index contributed by atoms with van der Waals surface area (Å²) in [4.78, 5) is 24.9. The van der Waals surface area contributed by atoms with Gasteiger partial charge >= 0.3 is 12.1 Å². The Balaban J connectivity index is 1.75. The van der Waals surface area contributed by atoms with Gasteiger partial charge in [0.15, 0.2) is 0 Å². The number of carbonyl (C=O) groups excluding carboxylic acids is 2. The Labute approximate surface area is 193 Å². The predicted octanol–water partition coefficient (Wildman–Crippen LogP) is 5.12. The molecule has 3 rings (SSSR count). The second kappa shape index (κ2) is 9.95. The third-order valence-corrected chi connectivity index (χ3v) is 5.23. The van der Waals surface area contributed by atoms with Gasteiger partial charge in [0.25, 0.3) is 5.91 Å². The van der Waals surface area contributed by atoms with Crippen molar-refractivity contribution in [2.24, 2.45) is 0 Å². The fourth-order valence-electron chi connectivity index (χ4n) is 3.22. The molecule has 172 valence electrons. The van der Waals surface area contributed by atoms with Crippen LogP contribution in [0, 0.1) is 0 Å². The van der Waals surface area contributed by atoms with Gasteiger partial charge in [-0.2, -0.15) is 13.2 Å². The summed E-state index contributed by atoms with van der Waals surface area (Å²) in [5.41, 5.74) is 7.48. The van der Waals surface area contributed by atoms with Crippen LogP contribution in [-0.2, 0) is 22.1 Å². The molecule has 1 amide bonds. The summed E-state index contributed by atoms with van der Waals surface area (Å²) in [5.74, 6) is -1.22. The minimum Gasteiger partial charge on any atom is -0.467 e. The van der Waals surface area contributed by atoms with E-state index < -0.39 is 29.7 Å². The number of benzene rings is 3. The molecule has 0 bridgehead atoms. The van der Waals surface area contributed by atoms with E-state index in [2.05, 4.69) is 5.32 Å². The summed E-state index contributed by atoms with van der Waals surface area (Å²) in [7, 11) is 1.21. The maximum atomic E-state index is 12.8. The number of ether oxygens (including phenoxy) is 1. The van der Waals surface area contributed by atoms with E-state index in [1.807, 2.05) is 0 Å². The number of hydrogen-bond acceptors (Lipinski definition) is 4. The molecule has 0 aliphatic rings. The van der Waals surface area contributed by atoms with Crippen molar-refractivity contribution in [2.75, 3.05) is 12.8 Å². The SMILES string of the molecule is COC(=O)C(Cc1ccc(-c2ccc(C(F)(F)F)cc2)cc1)NC(=O)c1cc(Cl)ccc1N. The average Bonchev–Trinajstić information content (AvgIpc) is 2.79. The number of nitrogen functional groups attached to an aromatic ring is 1. The number of nitrogens with one attached hydrogen (secondary N) is 1. The highest BCUT2D eigenvalue weighted by Crippen LogP contribution is 2.31. The number of alkyl halides is 3. The van der Waals surface area contributed by atoms with Crippen LogP contribution in [0.25, 0.3) is 11.1 Å². The molecule has 9 heteroatoms. The van der Waals surface area contributed by atoms with Crippen LogP contribution in [0.15, 0.2) is 66.7 Å². The topological polar surface area (TPSA) is 81.4 Å². The maximum Gasteiger partial charge on any atom is 0.416 e. The minimum absolute atomic E-state index is 0.131.